The third kappa shape index (κ3) is 4.58. The molecule has 2 atom stereocenters. The highest BCUT2D eigenvalue weighted by Crippen LogP contribution is 2.23. The number of anilines is 1. The molecule has 0 aliphatic carbocycles. The fraction of sp³-hybridized carbons (Fsp3) is 0.471. The first-order chi connectivity index (χ1) is 11.6. The van der Waals surface area contributed by atoms with Gasteiger partial charge in [-0.3, -0.25) is 14.6 Å². The Morgan fingerprint density at radius 3 is 2.92 bits per heavy atom. The minimum absolute atomic E-state index is 0.128. The van der Waals surface area contributed by atoms with Crippen molar-refractivity contribution in [3.8, 4) is 0 Å². The maximum atomic E-state index is 12.1. The lowest BCUT2D eigenvalue weighted by molar-refractivity contribution is -0.122. The highest BCUT2D eigenvalue weighted by Gasteiger charge is 2.32. The van der Waals surface area contributed by atoms with Gasteiger partial charge in [0.15, 0.2) is 5.17 Å². The van der Waals surface area contributed by atoms with Crippen LogP contribution in [0.15, 0.2) is 29.3 Å². The van der Waals surface area contributed by atoms with Crippen LogP contribution < -0.4 is 10.6 Å². The number of rotatable bonds is 5. The van der Waals surface area contributed by atoms with Gasteiger partial charge in [-0.2, -0.15) is 0 Å². The van der Waals surface area contributed by atoms with Crippen LogP contribution in [0.5, 0.6) is 0 Å². The molecule has 0 unspecified atom stereocenters. The van der Waals surface area contributed by atoms with Crippen molar-refractivity contribution in [1.82, 2.24) is 5.32 Å². The molecule has 0 radical (unpaired) electrons. The van der Waals surface area contributed by atoms with Crippen molar-refractivity contribution >= 4 is 34.4 Å². The Balaban J connectivity index is 1.49. The Morgan fingerprint density at radius 1 is 1.42 bits per heavy atom. The van der Waals surface area contributed by atoms with Gasteiger partial charge >= 0.3 is 0 Å². The molecule has 2 aliphatic rings. The monoisotopic (exact) mass is 347 g/mol. The lowest BCUT2D eigenvalue weighted by Gasteiger charge is -2.07. The van der Waals surface area contributed by atoms with E-state index >= 15 is 0 Å². The summed E-state index contributed by atoms with van der Waals surface area (Å²) < 4.78 is 5.51. The van der Waals surface area contributed by atoms with E-state index in [-0.39, 0.29) is 24.3 Å². The molecule has 1 aromatic carbocycles. The van der Waals surface area contributed by atoms with Gasteiger partial charge in [0.05, 0.1) is 12.6 Å². The van der Waals surface area contributed by atoms with E-state index in [1.807, 2.05) is 31.2 Å². The van der Waals surface area contributed by atoms with Crippen LogP contribution in [0, 0.1) is 6.92 Å². The second kappa shape index (κ2) is 7.81. The van der Waals surface area contributed by atoms with Crippen LogP contribution in [0.4, 0.5) is 5.69 Å². The zero-order chi connectivity index (χ0) is 16.9. The van der Waals surface area contributed by atoms with E-state index < -0.39 is 5.25 Å². The van der Waals surface area contributed by atoms with Crippen molar-refractivity contribution in [2.24, 2.45) is 4.99 Å². The molecule has 24 heavy (non-hydrogen) atoms. The average Bonchev–Trinajstić information content (AvgIpc) is 3.18. The molecule has 1 aromatic rings. The lowest BCUT2D eigenvalue weighted by Crippen LogP contribution is -2.28. The molecule has 3 rings (SSSR count). The highest BCUT2D eigenvalue weighted by atomic mass is 32.2. The van der Waals surface area contributed by atoms with Crippen molar-refractivity contribution in [3.05, 3.63) is 29.8 Å². The molecule has 0 aromatic heterocycles. The standard InChI is InChI=1S/C17H21N3O3S/c1-11-4-6-12(7-5-11)19-15(21)9-14-16(22)20-17(24-14)18-10-13-3-2-8-23-13/h4-7,13-14H,2-3,8-10H2,1H3,(H,19,21)(H,18,20,22)/t13-,14+/m1/s1. The summed E-state index contributed by atoms with van der Waals surface area (Å²) in [4.78, 5) is 28.5. The van der Waals surface area contributed by atoms with Gasteiger partial charge in [-0.05, 0) is 31.9 Å². The predicted molar refractivity (Wildman–Crippen MR) is 95.2 cm³/mol. The van der Waals surface area contributed by atoms with Gasteiger partial charge in [-0.25, -0.2) is 0 Å². The van der Waals surface area contributed by atoms with Crippen molar-refractivity contribution in [3.63, 3.8) is 0 Å². The van der Waals surface area contributed by atoms with Gasteiger partial charge in [0.25, 0.3) is 0 Å². The Morgan fingerprint density at radius 2 is 2.21 bits per heavy atom. The Hall–Kier alpha value is -1.86. The molecule has 128 valence electrons. The summed E-state index contributed by atoms with van der Waals surface area (Å²) in [6.45, 7) is 3.34. The molecule has 2 amide bonds. The Kier molecular flexibility index (Phi) is 5.52. The first kappa shape index (κ1) is 17.0. The predicted octanol–water partition coefficient (Wildman–Crippen LogP) is 2.09. The van der Waals surface area contributed by atoms with E-state index in [0.29, 0.717) is 11.7 Å². The van der Waals surface area contributed by atoms with E-state index in [1.54, 1.807) is 0 Å². The quantitative estimate of drug-likeness (QED) is 0.855. The molecule has 2 saturated heterocycles. The SMILES string of the molecule is Cc1ccc(NC(=O)C[C@@H]2SC(=NC[C@H]3CCCO3)NC2=O)cc1. The third-order valence-corrected chi connectivity index (χ3v) is 5.06. The smallest absolute Gasteiger partial charge is 0.240 e. The molecular weight excluding hydrogens is 326 g/mol. The van der Waals surface area contributed by atoms with Crippen molar-refractivity contribution < 1.29 is 14.3 Å². The topological polar surface area (TPSA) is 79.8 Å². The molecule has 2 fully saturated rings. The van der Waals surface area contributed by atoms with Crippen molar-refractivity contribution in [2.45, 2.75) is 37.5 Å². The third-order valence-electron chi connectivity index (χ3n) is 3.95. The molecule has 2 heterocycles. The first-order valence-electron chi connectivity index (χ1n) is 8.10. The highest BCUT2D eigenvalue weighted by molar-refractivity contribution is 8.15. The second-order valence-electron chi connectivity index (χ2n) is 5.99. The van der Waals surface area contributed by atoms with Crippen molar-refractivity contribution in [2.75, 3.05) is 18.5 Å². The number of hydrogen-bond acceptors (Lipinski definition) is 5. The number of nitrogens with one attached hydrogen (secondary N) is 2. The lowest BCUT2D eigenvalue weighted by atomic mass is 10.2. The number of benzene rings is 1. The van der Waals surface area contributed by atoms with Crippen LogP contribution >= 0.6 is 11.8 Å². The van der Waals surface area contributed by atoms with Crippen LogP contribution in [0.3, 0.4) is 0 Å². The van der Waals surface area contributed by atoms with E-state index in [1.165, 1.54) is 11.8 Å². The zero-order valence-corrected chi connectivity index (χ0v) is 14.4. The maximum absolute atomic E-state index is 12.1. The maximum Gasteiger partial charge on any atom is 0.240 e. The molecule has 0 spiro atoms. The minimum Gasteiger partial charge on any atom is -0.376 e. The largest absolute Gasteiger partial charge is 0.376 e. The molecule has 7 heteroatoms. The number of nitrogens with zero attached hydrogens (tertiary/aromatic N) is 1. The van der Waals surface area contributed by atoms with Gasteiger partial charge < -0.3 is 15.4 Å². The van der Waals surface area contributed by atoms with Crippen molar-refractivity contribution in [1.29, 1.82) is 0 Å². The number of carbonyl (C=O) groups excluding carboxylic acids is 2. The second-order valence-corrected chi connectivity index (χ2v) is 7.19. The molecular formula is C17H21N3O3S. The normalized spacial score (nSPS) is 25.0. The minimum atomic E-state index is -0.432. The van der Waals surface area contributed by atoms with E-state index in [9.17, 15) is 9.59 Å². The summed E-state index contributed by atoms with van der Waals surface area (Å²) in [6, 6.07) is 7.57. The molecule has 6 nitrogen and oxygen atoms in total. The van der Waals surface area contributed by atoms with Gasteiger partial charge in [0.1, 0.15) is 5.25 Å². The molecule has 2 N–H and O–H groups in total. The summed E-state index contributed by atoms with van der Waals surface area (Å²) >= 11 is 1.32. The van der Waals surface area contributed by atoms with Crippen LogP contribution in [0.2, 0.25) is 0 Å². The van der Waals surface area contributed by atoms with Gasteiger partial charge in [-0.15, -0.1) is 0 Å². The van der Waals surface area contributed by atoms with Gasteiger partial charge in [-0.1, -0.05) is 29.5 Å². The Labute approximate surface area is 145 Å². The summed E-state index contributed by atoms with van der Waals surface area (Å²) in [5.74, 6) is -0.336. The first-order valence-corrected chi connectivity index (χ1v) is 8.98. The van der Waals surface area contributed by atoms with Crippen LogP contribution in [-0.4, -0.2) is 41.5 Å². The van der Waals surface area contributed by atoms with Crippen LogP contribution in [0.25, 0.3) is 0 Å². The number of aryl methyl sites for hydroxylation is 1. The van der Waals surface area contributed by atoms with Crippen LogP contribution in [0.1, 0.15) is 24.8 Å². The summed E-state index contributed by atoms with van der Waals surface area (Å²) in [5, 5.41) is 5.71. The number of aliphatic imine (C=N–C) groups is 1. The number of amidine groups is 1. The number of hydrogen-bond donors (Lipinski definition) is 2. The van der Waals surface area contributed by atoms with Crippen LogP contribution in [-0.2, 0) is 14.3 Å². The number of carbonyl (C=O) groups is 2. The summed E-state index contributed by atoms with van der Waals surface area (Å²) in [5.41, 5.74) is 1.87. The van der Waals surface area contributed by atoms with Gasteiger partial charge in [0.2, 0.25) is 11.8 Å². The summed E-state index contributed by atoms with van der Waals surface area (Å²) in [6.07, 6.45) is 2.36. The fourth-order valence-corrected chi connectivity index (χ4v) is 3.58. The fourth-order valence-electron chi connectivity index (χ4n) is 2.61. The number of amides is 2. The van der Waals surface area contributed by atoms with Gasteiger partial charge in [0, 0.05) is 18.7 Å². The van der Waals surface area contributed by atoms with E-state index in [4.69, 9.17) is 4.74 Å². The zero-order valence-electron chi connectivity index (χ0n) is 13.6. The molecule has 2 aliphatic heterocycles. The average molecular weight is 347 g/mol. The molecule has 0 bridgehead atoms. The number of ether oxygens (including phenoxy) is 1. The van der Waals surface area contributed by atoms with E-state index in [0.717, 1.165) is 30.7 Å². The molecule has 0 saturated carbocycles. The summed E-state index contributed by atoms with van der Waals surface area (Å²) in [7, 11) is 0. The van der Waals surface area contributed by atoms with E-state index in [2.05, 4.69) is 15.6 Å². The Bertz CT molecular complexity index is 639. The number of thioether (sulfide) groups is 1.